The van der Waals surface area contributed by atoms with Gasteiger partial charge in [-0.05, 0) is 42.5 Å². The van der Waals surface area contributed by atoms with Gasteiger partial charge in [0.2, 0.25) is 0 Å². The maximum Gasteiger partial charge on any atom is 0.253 e. The van der Waals surface area contributed by atoms with Gasteiger partial charge in [0.05, 0.1) is 23.0 Å². The Balaban J connectivity index is 2.21. The third-order valence-corrected chi connectivity index (χ3v) is 3.00. The molecule has 5 heteroatoms. The molecule has 2 rings (SSSR count). The highest BCUT2D eigenvalue weighted by Gasteiger charge is 2.10. The summed E-state index contributed by atoms with van der Waals surface area (Å²) in [5.74, 6) is -0.0911. The molecule has 1 amide bonds. The number of benzene rings is 2. The molecular formula is C16H16N4O. The van der Waals surface area contributed by atoms with Crippen molar-refractivity contribution in [2.45, 2.75) is 0 Å². The van der Waals surface area contributed by atoms with E-state index in [0.29, 0.717) is 16.8 Å². The molecule has 0 spiro atoms. The minimum Gasteiger partial charge on any atom is -0.397 e. The second kappa shape index (κ2) is 5.97. The number of hydrogen-bond acceptors (Lipinski definition) is 4. The predicted octanol–water partition coefficient (Wildman–Crippen LogP) is 2.59. The number of hydrogen-bond donors (Lipinski definition) is 2. The molecule has 0 bridgehead atoms. The van der Waals surface area contributed by atoms with Crippen molar-refractivity contribution in [1.29, 1.82) is 5.26 Å². The fourth-order valence-corrected chi connectivity index (χ4v) is 1.85. The van der Waals surface area contributed by atoms with Gasteiger partial charge in [0.15, 0.2) is 0 Å². The summed E-state index contributed by atoms with van der Waals surface area (Å²) >= 11 is 0. The van der Waals surface area contributed by atoms with Crippen molar-refractivity contribution in [3.05, 3.63) is 53.6 Å². The Bertz CT molecular complexity index is 699. The highest BCUT2D eigenvalue weighted by molar-refractivity contribution is 5.96. The zero-order valence-electron chi connectivity index (χ0n) is 11.9. The number of nitriles is 1. The summed E-state index contributed by atoms with van der Waals surface area (Å²) in [4.78, 5) is 13.4. The van der Waals surface area contributed by atoms with Gasteiger partial charge in [0, 0.05) is 25.3 Å². The van der Waals surface area contributed by atoms with Crippen LogP contribution in [0.3, 0.4) is 0 Å². The second-order valence-electron chi connectivity index (χ2n) is 4.82. The summed E-state index contributed by atoms with van der Waals surface area (Å²) in [6.07, 6.45) is 0. The van der Waals surface area contributed by atoms with Gasteiger partial charge in [-0.2, -0.15) is 5.26 Å². The first-order chi connectivity index (χ1) is 10.0. The molecule has 0 atom stereocenters. The summed E-state index contributed by atoms with van der Waals surface area (Å²) in [7, 11) is 3.39. The van der Waals surface area contributed by atoms with Crippen molar-refractivity contribution >= 4 is 23.0 Å². The number of nitrogens with zero attached hydrogens (tertiary/aromatic N) is 2. The second-order valence-corrected chi connectivity index (χ2v) is 4.82. The fraction of sp³-hybridized carbons (Fsp3) is 0.125. The zero-order valence-corrected chi connectivity index (χ0v) is 11.9. The first-order valence-corrected chi connectivity index (χ1v) is 6.39. The molecule has 0 aliphatic carbocycles. The Morgan fingerprint density at radius 3 is 2.38 bits per heavy atom. The quantitative estimate of drug-likeness (QED) is 0.847. The highest BCUT2D eigenvalue weighted by Crippen LogP contribution is 2.24. The van der Waals surface area contributed by atoms with E-state index in [1.165, 1.54) is 4.90 Å². The molecule has 0 saturated heterocycles. The Morgan fingerprint density at radius 2 is 1.86 bits per heavy atom. The summed E-state index contributed by atoms with van der Waals surface area (Å²) < 4.78 is 0. The average molecular weight is 280 g/mol. The number of nitrogens with two attached hydrogens (primary N) is 1. The molecule has 0 fully saturated rings. The van der Waals surface area contributed by atoms with Gasteiger partial charge in [-0.25, -0.2) is 0 Å². The normalized spacial score (nSPS) is 9.76. The summed E-state index contributed by atoms with van der Waals surface area (Å²) in [6, 6.07) is 14.3. The Hall–Kier alpha value is -3.00. The van der Waals surface area contributed by atoms with Crippen LogP contribution in [0.4, 0.5) is 17.1 Å². The number of nitrogen functional groups attached to an aromatic ring is 1. The smallest absolute Gasteiger partial charge is 0.253 e. The van der Waals surface area contributed by atoms with Gasteiger partial charge in [-0.1, -0.05) is 0 Å². The summed E-state index contributed by atoms with van der Waals surface area (Å²) in [5.41, 5.74) is 9.16. The van der Waals surface area contributed by atoms with E-state index in [9.17, 15) is 4.79 Å². The van der Waals surface area contributed by atoms with Crippen molar-refractivity contribution in [3.63, 3.8) is 0 Å². The van der Waals surface area contributed by atoms with Gasteiger partial charge < -0.3 is 16.0 Å². The van der Waals surface area contributed by atoms with Crippen LogP contribution in [-0.4, -0.2) is 24.9 Å². The molecule has 2 aromatic rings. The van der Waals surface area contributed by atoms with Crippen LogP contribution in [0.1, 0.15) is 15.9 Å². The van der Waals surface area contributed by atoms with E-state index in [1.54, 1.807) is 56.6 Å². The van der Waals surface area contributed by atoms with Crippen LogP contribution in [-0.2, 0) is 0 Å². The molecule has 0 saturated carbocycles. The third-order valence-electron chi connectivity index (χ3n) is 3.00. The van der Waals surface area contributed by atoms with Crippen LogP contribution in [0.25, 0.3) is 0 Å². The number of anilines is 3. The zero-order chi connectivity index (χ0) is 15.4. The van der Waals surface area contributed by atoms with Crippen LogP contribution < -0.4 is 11.1 Å². The topological polar surface area (TPSA) is 82.2 Å². The number of carbonyl (C=O) groups excluding carboxylic acids is 1. The molecular weight excluding hydrogens is 264 g/mol. The largest absolute Gasteiger partial charge is 0.397 e. The molecule has 2 aromatic carbocycles. The average Bonchev–Trinajstić information content (AvgIpc) is 2.49. The molecule has 0 heterocycles. The van der Waals surface area contributed by atoms with Gasteiger partial charge in [0.1, 0.15) is 0 Å². The van der Waals surface area contributed by atoms with Gasteiger partial charge in [-0.3, -0.25) is 4.79 Å². The number of amides is 1. The Labute approximate surface area is 123 Å². The van der Waals surface area contributed by atoms with Crippen molar-refractivity contribution in [2.75, 3.05) is 25.1 Å². The van der Waals surface area contributed by atoms with E-state index < -0.39 is 0 Å². The van der Waals surface area contributed by atoms with Crippen LogP contribution in [0, 0.1) is 11.3 Å². The maximum absolute atomic E-state index is 11.9. The van der Waals surface area contributed by atoms with E-state index in [4.69, 9.17) is 11.0 Å². The minimum absolute atomic E-state index is 0.0911. The molecule has 0 aliphatic rings. The van der Waals surface area contributed by atoms with E-state index in [0.717, 1.165) is 11.4 Å². The van der Waals surface area contributed by atoms with Crippen LogP contribution in [0.5, 0.6) is 0 Å². The molecule has 21 heavy (non-hydrogen) atoms. The monoisotopic (exact) mass is 280 g/mol. The lowest BCUT2D eigenvalue weighted by molar-refractivity contribution is 0.0827. The number of carbonyl (C=O) groups is 1. The van der Waals surface area contributed by atoms with E-state index in [2.05, 4.69) is 11.4 Å². The standard InChI is InChI=1S/C16H16N4O/c1-20(2)16(21)12-5-8-15(14(18)9-12)19-13-6-3-11(10-17)4-7-13/h3-9,19H,18H2,1-2H3. The molecule has 3 N–H and O–H groups in total. The number of rotatable bonds is 3. The molecule has 0 aliphatic heterocycles. The van der Waals surface area contributed by atoms with Gasteiger partial charge >= 0.3 is 0 Å². The lowest BCUT2D eigenvalue weighted by atomic mass is 10.1. The molecule has 106 valence electrons. The SMILES string of the molecule is CN(C)C(=O)c1ccc(Nc2ccc(C#N)cc2)c(N)c1. The van der Waals surface area contributed by atoms with Crippen molar-refractivity contribution in [1.82, 2.24) is 4.90 Å². The van der Waals surface area contributed by atoms with Gasteiger partial charge in [-0.15, -0.1) is 0 Å². The van der Waals surface area contributed by atoms with E-state index >= 15 is 0 Å². The van der Waals surface area contributed by atoms with Crippen molar-refractivity contribution in [3.8, 4) is 6.07 Å². The maximum atomic E-state index is 11.9. The summed E-state index contributed by atoms with van der Waals surface area (Å²) in [5, 5.41) is 11.9. The van der Waals surface area contributed by atoms with E-state index in [1.807, 2.05) is 0 Å². The minimum atomic E-state index is -0.0911. The van der Waals surface area contributed by atoms with Crippen LogP contribution in [0.15, 0.2) is 42.5 Å². The Morgan fingerprint density at radius 1 is 1.19 bits per heavy atom. The first kappa shape index (κ1) is 14.4. The van der Waals surface area contributed by atoms with Crippen molar-refractivity contribution < 1.29 is 4.79 Å². The van der Waals surface area contributed by atoms with E-state index in [-0.39, 0.29) is 5.91 Å². The predicted molar refractivity (Wildman–Crippen MR) is 83.3 cm³/mol. The van der Waals surface area contributed by atoms with Crippen LogP contribution >= 0.6 is 0 Å². The molecule has 0 unspecified atom stereocenters. The summed E-state index contributed by atoms with van der Waals surface area (Å²) in [6.45, 7) is 0. The fourth-order valence-electron chi connectivity index (χ4n) is 1.85. The number of nitrogens with one attached hydrogen (secondary N) is 1. The first-order valence-electron chi connectivity index (χ1n) is 6.39. The molecule has 0 radical (unpaired) electrons. The van der Waals surface area contributed by atoms with Crippen molar-refractivity contribution in [2.24, 2.45) is 0 Å². The highest BCUT2D eigenvalue weighted by atomic mass is 16.2. The lowest BCUT2D eigenvalue weighted by Gasteiger charge is -2.13. The lowest BCUT2D eigenvalue weighted by Crippen LogP contribution is -2.21. The van der Waals surface area contributed by atoms with Crippen LogP contribution in [0.2, 0.25) is 0 Å². The molecule has 5 nitrogen and oxygen atoms in total. The third kappa shape index (κ3) is 3.31. The molecule has 0 aromatic heterocycles. The van der Waals surface area contributed by atoms with Gasteiger partial charge in [0.25, 0.3) is 5.91 Å². The Kier molecular flexibility index (Phi) is 4.10.